The average Bonchev–Trinajstić information content (AvgIpc) is 2.02. The third-order valence-electron chi connectivity index (χ3n) is 2.51. The molecule has 0 atom stereocenters. The van der Waals surface area contributed by atoms with Gasteiger partial charge < -0.3 is 4.90 Å². The van der Waals surface area contributed by atoms with Gasteiger partial charge >= 0.3 is 0 Å². The molecule has 1 saturated heterocycles. The first kappa shape index (κ1) is 8.89. The van der Waals surface area contributed by atoms with Crippen molar-refractivity contribution < 1.29 is 0 Å². The first-order valence-electron chi connectivity index (χ1n) is 4.48. The maximum absolute atomic E-state index is 5.92. The third-order valence-corrected chi connectivity index (χ3v) is 2.75. The van der Waals surface area contributed by atoms with Crippen molar-refractivity contribution in [3.05, 3.63) is 35.8 Å². The fourth-order valence-electron chi connectivity index (χ4n) is 1.63. The van der Waals surface area contributed by atoms with Gasteiger partial charge in [-0.3, -0.25) is 0 Å². The summed E-state index contributed by atoms with van der Waals surface area (Å²) in [5.41, 5.74) is 1.44. The molecule has 1 nitrogen and oxygen atoms in total. The Morgan fingerprint density at radius 3 is 2.62 bits per heavy atom. The van der Waals surface area contributed by atoms with Gasteiger partial charge in [0.2, 0.25) is 0 Å². The minimum atomic E-state index is 0.255. The molecular weight excluding hydrogens is 182 g/mol. The van der Waals surface area contributed by atoms with Gasteiger partial charge in [0.1, 0.15) is 0 Å². The number of hydrogen-bond acceptors (Lipinski definition) is 1. The second-order valence-corrected chi connectivity index (χ2v) is 4.49. The van der Waals surface area contributed by atoms with Crippen LogP contribution < -0.4 is 4.90 Å². The number of rotatable bonds is 1. The van der Waals surface area contributed by atoms with E-state index in [0.717, 1.165) is 11.4 Å². The van der Waals surface area contributed by atoms with Gasteiger partial charge in [0.25, 0.3) is 0 Å². The van der Waals surface area contributed by atoms with Crippen LogP contribution in [0.1, 0.15) is 20.3 Å². The first-order valence-corrected chi connectivity index (χ1v) is 4.86. The van der Waals surface area contributed by atoms with Gasteiger partial charge in [-0.05, 0) is 38.5 Å². The largest absolute Gasteiger partial charge is 0.361 e. The summed E-state index contributed by atoms with van der Waals surface area (Å²) in [4.78, 5) is 2.26. The van der Waals surface area contributed by atoms with E-state index in [4.69, 9.17) is 11.6 Å². The summed E-state index contributed by atoms with van der Waals surface area (Å²) in [6, 6.07) is 7.97. The SMILES string of the molecule is CC1(C)C[CH]N1c1cccc(Cl)c1. The Morgan fingerprint density at radius 2 is 2.15 bits per heavy atom. The van der Waals surface area contributed by atoms with E-state index in [1.165, 1.54) is 5.69 Å². The molecule has 1 aromatic rings. The highest BCUT2D eigenvalue weighted by Gasteiger charge is 2.36. The van der Waals surface area contributed by atoms with E-state index in [-0.39, 0.29) is 5.54 Å². The van der Waals surface area contributed by atoms with Crippen LogP contribution in [0.4, 0.5) is 5.69 Å². The lowest BCUT2D eigenvalue weighted by molar-refractivity contribution is 0.384. The van der Waals surface area contributed by atoms with Crippen molar-refractivity contribution in [3.63, 3.8) is 0 Å². The Bertz CT molecular complexity index is 320. The minimum Gasteiger partial charge on any atom is -0.361 e. The van der Waals surface area contributed by atoms with Crippen LogP contribution in [0.25, 0.3) is 0 Å². The van der Waals surface area contributed by atoms with Gasteiger partial charge in [0.15, 0.2) is 0 Å². The monoisotopic (exact) mass is 194 g/mol. The van der Waals surface area contributed by atoms with Crippen LogP contribution in [-0.2, 0) is 0 Å². The number of nitrogens with zero attached hydrogens (tertiary/aromatic N) is 1. The van der Waals surface area contributed by atoms with E-state index in [1.54, 1.807) is 0 Å². The van der Waals surface area contributed by atoms with E-state index in [2.05, 4.69) is 31.4 Å². The molecule has 0 aliphatic carbocycles. The van der Waals surface area contributed by atoms with Crippen LogP contribution >= 0.6 is 11.6 Å². The molecule has 0 aromatic heterocycles. The zero-order chi connectivity index (χ0) is 9.47. The first-order chi connectivity index (χ1) is 6.09. The Labute approximate surface area is 84.3 Å². The fourth-order valence-corrected chi connectivity index (χ4v) is 1.81. The lowest BCUT2D eigenvalue weighted by Crippen LogP contribution is -2.52. The zero-order valence-electron chi connectivity index (χ0n) is 7.92. The predicted molar refractivity (Wildman–Crippen MR) is 56.9 cm³/mol. The molecule has 1 aromatic carbocycles. The summed E-state index contributed by atoms with van der Waals surface area (Å²) >= 11 is 5.92. The van der Waals surface area contributed by atoms with Gasteiger partial charge in [-0.2, -0.15) is 0 Å². The highest BCUT2D eigenvalue weighted by Crippen LogP contribution is 2.38. The van der Waals surface area contributed by atoms with Gasteiger partial charge in [0.05, 0.1) is 6.54 Å². The van der Waals surface area contributed by atoms with Crippen LogP contribution in [-0.4, -0.2) is 5.54 Å². The fraction of sp³-hybridized carbons (Fsp3) is 0.364. The van der Waals surface area contributed by atoms with Crippen molar-refractivity contribution in [1.29, 1.82) is 0 Å². The summed E-state index contributed by atoms with van der Waals surface area (Å²) in [6.45, 7) is 6.66. The van der Waals surface area contributed by atoms with Crippen LogP contribution in [0.15, 0.2) is 24.3 Å². The van der Waals surface area contributed by atoms with Crippen molar-refractivity contribution in [2.75, 3.05) is 4.90 Å². The van der Waals surface area contributed by atoms with Crippen molar-refractivity contribution in [2.45, 2.75) is 25.8 Å². The zero-order valence-corrected chi connectivity index (χ0v) is 8.67. The molecule has 2 rings (SSSR count). The molecule has 0 spiro atoms. The number of hydrogen-bond donors (Lipinski definition) is 0. The van der Waals surface area contributed by atoms with Crippen molar-refractivity contribution >= 4 is 17.3 Å². The molecule has 1 aliphatic heterocycles. The number of benzene rings is 1. The molecule has 69 valence electrons. The highest BCUT2D eigenvalue weighted by atomic mass is 35.5. The average molecular weight is 195 g/mol. The minimum absolute atomic E-state index is 0.255. The van der Waals surface area contributed by atoms with E-state index >= 15 is 0 Å². The van der Waals surface area contributed by atoms with E-state index in [9.17, 15) is 0 Å². The summed E-state index contributed by atoms with van der Waals surface area (Å²) in [5, 5.41) is 0.800. The predicted octanol–water partition coefficient (Wildman–Crippen LogP) is 3.49. The number of anilines is 1. The van der Waals surface area contributed by atoms with Crippen molar-refractivity contribution in [1.82, 2.24) is 0 Å². The Hall–Kier alpha value is -0.690. The molecule has 0 bridgehead atoms. The van der Waals surface area contributed by atoms with Crippen LogP contribution in [0.3, 0.4) is 0 Å². The summed E-state index contributed by atoms with van der Waals surface area (Å²) in [5.74, 6) is 0. The molecule has 0 saturated carbocycles. The molecule has 1 radical (unpaired) electrons. The molecule has 1 aliphatic rings. The van der Waals surface area contributed by atoms with E-state index in [1.807, 2.05) is 18.2 Å². The molecule has 0 amide bonds. The maximum Gasteiger partial charge on any atom is 0.0522 e. The van der Waals surface area contributed by atoms with Gasteiger partial charge in [0, 0.05) is 16.2 Å². The van der Waals surface area contributed by atoms with E-state index in [0.29, 0.717) is 0 Å². The van der Waals surface area contributed by atoms with Crippen LogP contribution in [0.2, 0.25) is 5.02 Å². The second kappa shape index (κ2) is 2.91. The summed E-state index contributed by atoms with van der Waals surface area (Å²) < 4.78 is 0. The van der Waals surface area contributed by atoms with Gasteiger partial charge in [-0.15, -0.1) is 0 Å². The highest BCUT2D eigenvalue weighted by molar-refractivity contribution is 6.30. The lowest BCUT2D eigenvalue weighted by Gasteiger charge is -2.49. The Balaban J connectivity index is 2.26. The smallest absolute Gasteiger partial charge is 0.0522 e. The summed E-state index contributed by atoms with van der Waals surface area (Å²) in [7, 11) is 0. The molecule has 1 fully saturated rings. The van der Waals surface area contributed by atoms with Crippen molar-refractivity contribution in [2.24, 2.45) is 0 Å². The molecular formula is C11H13ClN. The third kappa shape index (κ3) is 1.53. The van der Waals surface area contributed by atoms with E-state index < -0.39 is 0 Å². The van der Waals surface area contributed by atoms with Gasteiger partial charge in [-0.25, -0.2) is 0 Å². The molecule has 1 heterocycles. The van der Waals surface area contributed by atoms with Crippen molar-refractivity contribution in [3.8, 4) is 0 Å². The standard InChI is InChI=1S/C11H13ClN/c1-11(2)6-7-13(11)10-5-3-4-9(12)8-10/h3-5,7-8H,6H2,1-2H3. The maximum atomic E-state index is 5.92. The summed E-state index contributed by atoms with van der Waals surface area (Å²) in [6.07, 6.45) is 1.14. The van der Waals surface area contributed by atoms with Crippen LogP contribution in [0.5, 0.6) is 0 Å². The van der Waals surface area contributed by atoms with Gasteiger partial charge in [-0.1, -0.05) is 17.7 Å². The molecule has 0 unspecified atom stereocenters. The quantitative estimate of drug-likeness (QED) is 0.662. The van der Waals surface area contributed by atoms with Crippen LogP contribution in [0, 0.1) is 6.54 Å². The Kier molecular flexibility index (Phi) is 1.99. The second-order valence-electron chi connectivity index (χ2n) is 4.05. The normalized spacial score (nSPS) is 19.8. The topological polar surface area (TPSA) is 3.24 Å². The molecule has 2 heteroatoms. The number of halogens is 1. The lowest BCUT2D eigenvalue weighted by atomic mass is 9.88. The molecule has 13 heavy (non-hydrogen) atoms. The molecule has 0 N–H and O–H groups in total. The Morgan fingerprint density at radius 1 is 1.38 bits per heavy atom.